The molecule has 4 rings (SSSR count). The van der Waals surface area contributed by atoms with E-state index in [1.165, 1.54) is 29.6 Å². The molecule has 1 heterocycles. The van der Waals surface area contributed by atoms with Gasteiger partial charge in [0.1, 0.15) is 11.3 Å². The zero-order valence-corrected chi connectivity index (χ0v) is 18.2. The van der Waals surface area contributed by atoms with Crippen LogP contribution in [0, 0.1) is 0 Å². The predicted octanol–water partition coefficient (Wildman–Crippen LogP) is 3.49. The van der Waals surface area contributed by atoms with Gasteiger partial charge < -0.3 is 9.47 Å². The Kier molecular flexibility index (Phi) is 5.96. The number of esters is 1. The van der Waals surface area contributed by atoms with Crippen LogP contribution < -0.4 is 9.04 Å². The van der Waals surface area contributed by atoms with Crippen LogP contribution in [0.15, 0.2) is 77.7 Å². The lowest BCUT2D eigenvalue weighted by Crippen LogP contribution is -2.29. The summed E-state index contributed by atoms with van der Waals surface area (Å²) < 4.78 is 38.3. The van der Waals surface area contributed by atoms with E-state index in [0.717, 1.165) is 5.56 Å². The van der Waals surface area contributed by atoms with Gasteiger partial charge in [-0.3, -0.25) is 9.10 Å². The van der Waals surface area contributed by atoms with Crippen molar-refractivity contribution < 1.29 is 27.5 Å². The number of ketones is 1. The van der Waals surface area contributed by atoms with Crippen LogP contribution >= 0.6 is 0 Å². The van der Waals surface area contributed by atoms with E-state index in [4.69, 9.17) is 9.47 Å². The van der Waals surface area contributed by atoms with Gasteiger partial charge in [-0.15, -0.1) is 0 Å². The molecule has 0 fully saturated rings. The summed E-state index contributed by atoms with van der Waals surface area (Å²) in [4.78, 5) is 24.9. The molecular formula is C24H21NO6S. The number of Topliss-reactive ketones (excluding diaryl/α,β-unsaturated/α-hetero) is 1. The molecule has 8 heteroatoms. The number of methoxy groups -OCH3 is 1. The first kappa shape index (κ1) is 21.6. The fourth-order valence-electron chi connectivity index (χ4n) is 3.61. The molecular weight excluding hydrogens is 430 g/mol. The molecule has 0 aliphatic carbocycles. The quantitative estimate of drug-likeness (QED) is 0.404. The summed E-state index contributed by atoms with van der Waals surface area (Å²) in [6.07, 6.45) is 0.613. The van der Waals surface area contributed by atoms with Crippen LogP contribution in [-0.2, 0) is 21.2 Å². The van der Waals surface area contributed by atoms with Crippen molar-refractivity contribution in [3.63, 3.8) is 0 Å². The second kappa shape index (κ2) is 8.84. The Hall–Kier alpha value is -3.65. The highest BCUT2D eigenvalue weighted by Crippen LogP contribution is 2.34. The number of carbonyl (C=O) groups excluding carboxylic acids is 2. The molecule has 0 radical (unpaired) electrons. The number of hydrogen-bond donors (Lipinski definition) is 0. The Labute approximate surface area is 186 Å². The third-order valence-corrected chi connectivity index (χ3v) is 7.06. The van der Waals surface area contributed by atoms with Crippen LogP contribution in [0.2, 0.25) is 0 Å². The van der Waals surface area contributed by atoms with E-state index in [2.05, 4.69) is 0 Å². The lowest BCUT2D eigenvalue weighted by Gasteiger charge is -2.20. The summed E-state index contributed by atoms with van der Waals surface area (Å²) in [5.74, 6) is -1.05. The first-order valence-electron chi connectivity index (χ1n) is 9.96. The molecule has 0 amide bonds. The van der Waals surface area contributed by atoms with Gasteiger partial charge in [0.25, 0.3) is 10.0 Å². The van der Waals surface area contributed by atoms with Crippen molar-refractivity contribution in [2.45, 2.75) is 11.3 Å². The van der Waals surface area contributed by atoms with Crippen LogP contribution in [0.1, 0.15) is 26.3 Å². The van der Waals surface area contributed by atoms with Crippen molar-refractivity contribution in [1.29, 1.82) is 0 Å². The van der Waals surface area contributed by atoms with Crippen molar-refractivity contribution in [2.75, 3.05) is 24.6 Å². The third kappa shape index (κ3) is 4.09. The highest BCUT2D eigenvalue weighted by molar-refractivity contribution is 7.92. The highest BCUT2D eigenvalue weighted by atomic mass is 32.2. The zero-order valence-electron chi connectivity index (χ0n) is 17.4. The normalized spacial score (nSPS) is 12.8. The van der Waals surface area contributed by atoms with Gasteiger partial charge in [-0.25, -0.2) is 13.2 Å². The average molecular weight is 452 g/mol. The number of nitrogens with zero attached hydrogens (tertiary/aromatic N) is 1. The summed E-state index contributed by atoms with van der Waals surface area (Å²) >= 11 is 0. The van der Waals surface area contributed by atoms with Gasteiger partial charge in [0.05, 0.1) is 17.7 Å². The Morgan fingerprint density at radius 1 is 0.969 bits per heavy atom. The maximum absolute atomic E-state index is 13.3. The summed E-state index contributed by atoms with van der Waals surface area (Å²) in [6.45, 7) is -0.151. The largest absolute Gasteiger partial charge is 0.496 e. The molecule has 0 bridgehead atoms. The van der Waals surface area contributed by atoms with E-state index < -0.39 is 22.6 Å². The molecule has 0 atom stereocenters. The van der Waals surface area contributed by atoms with E-state index in [9.17, 15) is 18.0 Å². The molecule has 3 aromatic carbocycles. The molecule has 164 valence electrons. The maximum Gasteiger partial charge on any atom is 0.342 e. The van der Waals surface area contributed by atoms with Gasteiger partial charge in [-0.2, -0.15) is 0 Å². The van der Waals surface area contributed by atoms with Gasteiger partial charge in [0.2, 0.25) is 0 Å². The number of ether oxygens (including phenoxy) is 2. The van der Waals surface area contributed by atoms with Crippen molar-refractivity contribution in [1.82, 2.24) is 0 Å². The summed E-state index contributed by atoms with van der Waals surface area (Å²) in [5, 5.41) is 0. The first-order chi connectivity index (χ1) is 15.4. The number of benzene rings is 3. The minimum atomic E-state index is -3.90. The van der Waals surface area contributed by atoms with E-state index >= 15 is 0 Å². The van der Waals surface area contributed by atoms with Crippen LogP contribution in [0.25, 0.3) is 0 Å². The SMILES string of the molecule is COc1ccc(S(=O)(=O)N2CCc3ccccc32)cc1C(=O)OCC(=O)c1ccccc1. The van der Waals surface area contributed by atoms with E-state index in [-0.39, 0.29) is 22.0 Å². The predicted molar refractivity (Wildman–Crippen MR) is 119 cm³/mol. The van der Waals surface area contributed by atoms with Crippen LogP contribution in [0.5, 0.6) is 5.75 Å². The minimum absolute atomic E-state index is 0.0589. The van der Waals surface area contributed by atoms with Crippen LogP contribution in [0.3, 0.4) is 0 Å². The van der Waals surface area contributed by atoms with Crippen LogP contribution in [0.4, 0.5) is 5.69 Å². The molecule has 0 saturated carbocycles. The number of hydrogen-bond acceptors (Lipinski definition) is 6. The molecule has 1 aliphatic rings. The standard InChI is InChI=1S/C24H21NO6S/c1-30-23-12-11-19(32(28,29)25-14-13-17-7-5-6-10-21(17)25)15-20(23)24(27)31-16-22(26)18-8-3-2-4-9-18/h2-12,15H,13-14,16H2,1H3. The molecule has 0 saturated heterocycles. The summed E-state index contributed by atoms with van der Waals surface area (Å²) in [5.41, 5.74) is 1.92. The molecule has 7 nitrogen and oxygen atoms in total. The average Bonchev–Trinajstić information content (AvgIpc) is 3.27. The maximum atomic E-state index is 13.3. The van der Waals surface area contributed by atoms with E-state index in [1.807, 2.05) is 12.1 Å². The number of sulfonamides is 1. The summed E-state index contributed by atoms with van der Waals surface area (Å²) in [6, 6.07) is 19.8. The Bertz CT molecular complexity index is 1270. The fourth-order valence-corrected chi connectivity index (χ4v) is 5.14. The molecule has 0 N–H and O–H groups in total. The summed E-state index contributed by atoms with van der Waals surface area (Å²) in [7, 11) is -2.54. The molecule has 3 aromatic rings. The van der Waals surface area contributed by atoms with Gasteiger partial charge in [-0.05, 0) is 36.2 Å². The van der Waals surface area contributed by atoms with Crippen LogP contribution in [-0.4, -0.2) is 40.4 Å². The molecule has 0 aromatic heterocycles. The van der Waals surface area contributed by atoms with Crippen molar-refractivity contribution in [2.24, 2.45) is 0 Å². The van der Waals surface area contributed by atoms with Crippen molar-refractivity contribution >= 4 is 27.5 Å². The molecule has 32 heavy (non-hydrogen) atoms. The smallest absolute Gasteiger partial charge is 0.342 e. The lowest BCUT2D eigenvalue weighted by atomic mass is 10.1. The molecule has 1 aliphatic heterocycles. The van der Waals surface area contributed by atoms with Gasteiger partial charge in [0.15, 0.2) is 12.4 Å². The minimum Gasteiger partial charge on any atom is -0.496 e. The number of fused-ring (bicyclic) bond motifs is 1. The number of carbonyl (C=O) groups is 2. The lowest BCUT2D eigenvalue weighted by molar-refractivity contribution is 0.0471. The Morgan fingerprint density at radius 3 is 2.44 bits per heavy atom. The van der Waals surface area contributed by atoms with Gasteiger partial charge in [-0.1, -0.05) is 48.5 Å². The second-order valence-corrected chi connectivity index (χ2v) is 9.05. The second-order valence-electron chi connectivity index (χ2n) is 7.18. The highest BCUT2D eigenvalue weighted by Gasteiger charge is 2.31. The van der Waals surface area contributed by atoms with E-state index in [0.29, 0.717) is 24.2 Å². The number of para-hydroxylation sites is 1. The number of rotatable bonds is 7. The van der Waals surface area contributed by atoms with E-state index in [1.54, 1.807) is 42.5 Å². The molecule has 0 unspecified atom stereocenters. The third-order valence-electron chi connectivity index (χ3n) is 5.25. The Morgan fingerprint density at radius 2 is 1.69 bits per heavy atom. The van der Waals surface area contributed by atoms with Crippen molar-refractivity contribution in [3.8, 4) is 5.75 Å². The molecule has 0 spiro atoms. The monoisotopic (exact) mass is 451 g/mol. The zero-order chi connectivity index (χ0) is 22.7. The fraction of sp³-hybridized carbons (Fsp3) is 0.167. The first-order valence-corrected chi connectivity index (χ1v) is 11.4. The van der Waals surface area contributed by atoms with Crippen molar-refractivity contribution in [3.05, 3.63) is 89.5 Å². The van der Waals surface area contributed by atoms with Gasteiger partial charge >= 0.3 is 5.97 Å². The van der Waals surface area contributed by atoms with Gasteiger partial charge in [0, 0.05) is 12.1 Å². The topological polar surface area (TPSA) is 90.0 Å². The Balaban J connectivity index is 1.59. The number of anilines is 1.